The minimum absolute atomic E-state index is 0.0854. The quantitative estimate of drug-likeness (QED) is 0.634. The average molecular weight is 229 g/mol. The Morgan fingerprint density at radius 2 is 1.80 bits per heavy atom. The van der Waals surface area contributed by atoms with Gasteiger partial charge in [-0.1, -0.05) is 13.8 Å². The van der Waals surface area contributed by atoms with Crippen molar-refractivity contribution < 1.29 is 23.4 Å². The normalized spacial score (nSPS) is 16.8. The van der Waals surface area contributed by atoms with Crippen molar-refractivity contribution in [3.8, 4) is 0 Å². The molecule has 0 aromatic heterocycles. The molecule has 0 amide bonds. The maximum absolute atomic E-state index is 11.9. The van der Waals surface area contributed by atoms with Gasteiger partial charge in [0.2, 0.25) is 0 Å². The highest BCUT2D eigenvalue weighted by atomic mass is 19.4. The van der Waals surface area contributed by atoms with E-state index >= 15 is 0 Å². The molecule has 2 unspecified atom stereocenters. The molecule has 0 radical (unpaired) electrons. The van der Waals surface area contributed by atoms with Crippen molar-refractivity contribution in [3.05, 3.63) is 0 Å². The predicted molar refractivity (Wildman–Crippen MR) is 50.4 cm³/mol. The predicted octanol–water partition coefficient (Wildman–Crippen LogP) is 0.906. The second-order valence-electron chi connectivity index (χ2n) is 3.83. The van der Waals surface area contributed by atoms with Gasteiger partial charge in [-0.15, -0.1) is 0 Å². The summed E-state index contributed by atoms with van der Waals surface area (Å²) in [7, 11) is 0. The van der Waals surface area contributed by atoms with E-state index in [0.717, 1.165) is 0 Å². The van der Waals surface area contributed by atoms with Crippen LogP contribution in [0.5, 0.6) is 0 Å². The highest BCUT2D eigenvalue weighted by Crippen LogP contribution is 2.19. The third-order valence-corrected chi connectivity index (χ3v) is 2.20. The molecule has 0 aromatic carbocycles. The molecule has 0 aliphatic carbocycles. The van der Waals surface area contributed by atoms with Gasteiger partial charge in [-0.2, -0.15) is 13.2 Å². The number of hydrogen-bond donors (Lipinski definition) is 3. The molecule has 0 aliphatic rings. The molecule has 0 rings (SSSR count). The topological polar surface area (TPSA) is 52.5 Å². The van der Waals surface area contributed by atoms with Gasteiger partial charge >= 0.3 is 6.18 Å². The van der Waals surface area contributed by atoms with E-state index in [9.17, 15) is 13.2 Å². The van der Waals surface area contributed by atoms with Crippen molar-refractivity contribution >= 4 is 0 Å². The van der Waals surface area contributed by atoms with Gasteiger partial charge in [-0.3, -0.25) is 0 Å². The van der Waals surface area contributed by atoms with E-state index in [0.29, 0.717) is 6.42 Å². The van der Waals surface area contributed by atoms with E-state index in [-0.39, 0.29) is 18.6 Å². The summed E-state index contributed by atoms with van der Waals surface area (Å²) in [6, 6.07) is -0.216. The summed E-state index contributed by atoms with van der Waals surface area (Å²) in [4.78, 5) is 0. The minimum atomic E-state index is -4.59. The van der Waals surface area contributed by atoms with Gasteiger partial charge < -0.3 is 15.5 Å². The van der Waals surface area contributed by atoms with E-state index in [1.54, 1.807) is 0 Å². The highest BCUT2D eigenvalue weighted by molar-refractivity contribution is 4.75. The van der Waals surface area contributed by atoms with Gasteiger partial charge in [0, 0.05) is 19.2 Å². The first-order valence-corrected chi connectivity index (χ1v) is 4.88. The molecule has 0 aromatic rings. The fourth-order valence-corrected chi connectivity index (χ4v) is 1.19. The molecule has 0 fully saturated rings. The van der Waals surface area contributed by atoms with Crippen LogP contribution in [0.15, 0.2) is 0 Å². The molecule has 3 N–H and O–H groups in total. The summed E-state index contributed by atoms with van der Waals surface area (Å²) in [6.07, 6.45) is -6.56. The van der Waals surface area contributed by atoms with Crippen molar-refractivity contribution in [2.75, 3.05) is 13.2 Å². The van der Waals surface area contributed by atoms with Gasteiger partial charge in [0.1, 0.15) is 0 Å². The zero-order chi connectivity index (χ0) is 12.1. The molecular formula is C9H18F3NO2. The molecule has 0 bridgehead atoms. The van der Waals surface area contributed by atoms with Crippen molar-refractivity contribution in [2.24, 2.45) is 5.92 Å². The van der Waals surface area contributed by atoms with E-state index in [4.69, 9.17) is 10.2 Å². The summed E-state index contributed by atoms with van der Waals surface area (Å²) in [6.45, 7) is 3.06. The Morgan fingerprint density at radius 1 is 1.27 bits per heavy atom. The van der Waals surface area contributed by atoms with E-state index in [1.165, 1.54) is 0 Å². The van der Waals surface area contributed by atoms with Gasteiger partial charge in [0.15, 0.2) is 6.10 Å². The first kappa shape index (κ1) is 14.7. The monoisotopic (exact) mass is 229 g/mol. The molecule has 0 saturated carbocycles. The summed E-state index contributed by atoms with van der Waals surface area (Å²) < 4.78 is 35.8. The zero-order valence-corrected chi connectivity index (χ0v) is 8.88. The van der Waals surface area contributed by atoms with E-state index < -0.39 is 18.8 Å². The summed E-state index contributed by atoms with van der Waals surface area (Å²) in [5, 5.41) is 20.0. The number of rotatable bonds is 6. The van der Waals surface area contributed by atoms with Crippen LogP contribution in [0, 0.1) is 5.92 Å². The zero-order valence-electron chi connectivity index (χ0n) is 8.88. The Kier molecular flexibility index (Phi) is 6.16. The Hall–Kier alpha value is -0.330. The van der Waals surface area contributed by atoms with Crippen LogP contribution in [-0.4, -0.2) is 41.7 Å². The Labute approximate surface area is 87.3 Å². The molecular weight excluding hydrogens is 211 g/mol. The molecule has 92 valence electrons. The van der Waals surface area contributed by atoms with Crippen LogP contribution in [0.3, 0.4) is 0 Å². The first-order valence-electron chi connectivity index (χ1n) is 4.88. The number of alkyl halides is 3. The van der Waals surface area contributed by atoms with Crippen LogP contribution in [0.1, 0.15) is 20.3 Å². The molecule has 0 spiro atoms. The van der Waals surface area contributed by atoms with Crippen molar-refractivity contribution in [1.82, 2.24) is 5.32 Å². The third-order valence-electron chi connectivity index (χ3n) is 2.20. The maximum Gasteiger partial charge on any atom is 0.415 e. The lowest BCUT2D eigenvalue weighted by Gasteiger charge is -2.24. The maximum atomic E-state index is 11.9. The van der Waals surface area contributed by atoms with Crippen LogP contribution >= 0.6 is 0 Å². The molecule has 0 aliphatic heterocycles. The lowest BCUT2D eigenvalue weighted by Crippen LogP contribution is -2.44. The number of hydrogen-bond acceptors (Lipinski definition) is 3. The van der Waals surface area contributed by atoms with Crippen LogP contribution in [0.2, 0.25) is 0 Å². The Morgan fingerprint density at radius 3 is 2.13 bits per heavy atom. The van der Waals surface area contributed by atoms with Gasteiger partial charge in [0.05, 0.1) is 0 Å². The Balaban J connectivity index is 3.99. The van der Waals surface area contributed by atoms with Crippen molar-refractivity contribution in [2.45, 2.75) is 38.6 Å². The standard InChI is InChI=1S/C9H18F3NO2/c1-6(2)7(3-4-14)13-5-8(15)9(10,11)12/h6-8,13-15H,3-5H2,1-2H3. The van der Waals surface area contributed by atoms with Gasteiger partial charge in [0.25, 0.3) is 0 Å². The molecule has 6 heteroatoms. The lowest BCUT2D eigenvalue weighted by molar-refractivity contribution is -0.202. The summed E-state index contributed by atoms with van der Waals surface area (Å²) in [5.41, 5.74) is 0. The second kappa shape index (κ2) is 6.30. The van der Waals surface area contributed by atoms with Crippen LogP contribution in [0.4, 0.5) is 13.2 Å². The van der Waals surface area contributed by atoms with E-state index in [1.807, 2.05) is 13.8 Å². The summed E-state index contributed by atoms with van der Waals surface area (Å²) in [5.74, 6) is 0.109. The van der Waals surface area contributed by atoms with Gasteiger partial charge in [-0.05, 0) is 12.3 Å². The fourth-order valence-electron chi connectivity index (χ4n) is 1.19. The average Bonchev–Trinajstić information content (AvgIpc) is 2.09. The molecule has 2 atom stereocenters. The van der Waals surface area contributed by atoms with Crippen LogP contribution in [0.25, 0.3) is 0 Å². The molecule has 0 heterocycles. The van der Waals surface area contributed by atoms with E-state index in [2.05, 4.69) is 5.32 Å². The SMILES string of the molecule is CC(C)C(CCO)NCC(O)C(F)(F)F. The third kappa shape index (κ3) is 5.96. The number of nitrogens with one attached hydrogen (secondary N) is 1. The van der Waals surface area contributed by atoms with Crippen molar-refractivity contribution in [3.63, 3.8) is 0 Å². The largest absolute Gasteiger partial charge is 0.415 e. The van der Waals surface area contributed by atoms with Crippen molar-refractivity contribution in [1.29, 1.82) is 0 Å². The first-order chi connectivity index (χ1) is 6.79. The van der Waals surface area contributed by atoms with Gasteiger partial charge in [-0.25, -0.2) is 0 Å². The summed E-state index contributed by atoms with van der Waals surface area (Å²) >= 11 is 0. The number of halogens is 3. The van der Waals surface area contributed by atoms with Crippen LogP contribution in [-0.2, 0) is 0 Å². The smallest absolute Gasteiger partial charge is 0.396 e. The number of aliphatic hydroxyl groups excluding tert-OH is 2. The lowest BCUT2D eigenvalue weighted by atomic mass is 10.0. The second-order valence-corrected chi connectivity index (χ2v) is 3.83. The van der Waals surface area contributed by atoms with Crippen LogP contribution < -0.4 is 5.32 Å². The molecule has 0 saturated heterocycles. The molecule has 3 nitrogen and oxygen atoms in total. The minimum Gasteiger partial charge on any atom is -0.396 e. The molecule has 15 heavy (non-hydrogen) atoms. The number of aliphatic hydroxyl groups is 2. The highest BCUT2D eigenvalue weighted by Gasteiger charge is 2.38. The Bertz CT molecular complexity index is 173. The fraction of sp³-hybridized carbons (Fsp3) is 1.00.